The molecule has 10 rings (SSSR count). The van der Waals surface area contributed by atoms with E-state index in [2.05, 4.69) is 61.7 Å². The number of piperidine rings is 2. The van der Waals surface area contributed by atoms with E-state index in [1.165, 1.54) is 0 Å². The van der Waals surface area contributed by atoms with Crippen molar-refractivity contribution in [2.75, 3.05) is 41.7 Å². The fraction of sp³-hybridized carbons (Fsp3) is 0.269. The summed E-state index contributed by atoms with van der Waals surface area (Å²) in [5.74, 6) is 2.77. The molecule has 72 heavy (non-hydrogen) atoms. The smallest absolute Gasteiger partial charge is 0.251 e. The monoisotopic (exact) mass is 1000 g/mol. The third-order valence-corrected chi connectivity index (χ3v) is 14.0. The molecule has 0 radical (unpaired) electrons. The van der Waals surface area contributed by atoms with Gasteiger partial charge in [-0.15, -0.1) is 0 Å². The van der Waals surface area contributed by atoms with Crippen LogP contribution in [0.4, 0.5) is 17.2 Å². The summed E-state index contributed by atoms with van der Waals surface area (Å²) >= 11 is 12.8. The number of amides is 2. The molecule has 8 heterocycles. The molecule has 2 fully saturated rings. The molecular formula is C52H52Cl2N16O2. The van der Waals surface area contributed by atoms with Gasteiger partial charge in [0.15, 0.2) is 23.3 Å². The van der Waals surface area contributed by atoms with Gasteiger partial charge in [0.1, 0.15) is 11.4 Å². The van der Waals surface area contributed by atoms with Crippen LogP contribution in [-0.2, 0) is 11.1 Å². The van der Waals surface area contributed by atoms with Gasteiger partial charge in [-0.05, 0) is 138 Å². The van der Waals surface area contributed by atoms with Gasteiger partial charge in [0.2, 0.25) is 0 Å². The zero-order valence-corrected chi connectivity index (χ0v) is 41.0. The predicted octanol–water partition coefficient (Wildman–Crippen LogP) is 8.42. The van der Waals surface area contributed by atoms with E-state index in [4.69, 9.17) is 43.3 Å². The number of rotatable bonds is 15. The number of nitrogens with zero attached hydrogens (tertiary/aromatic N) is 9. The first-order valence-corrected chi connectivity index (χ1v) is 24.6. The van der Waals surface area contributed by atoms with Gasteiger partial charge in [-0.25, -0.2) is 15.0 Å². The van der Waals surface area contributed by atoms with Crippen molar-refractivity contribution < 1.29 is 9.59 Å². The normalized spacial score (nSPS) is 16.0. The molecule has 18 nitrogen and oxygen atoms in total. The number of anilines is 3. The zero-order valence-electron chi connectivity index (χ0n) is 39.5. The quantitative estimate of drug-likeness (QED) is 0.0511. The molecule has 6 aromatic heterocycles. The number of aromatic nitrogens is 10. The summed E-state index contributed by atoms with van der Waals surface area (Å²) in [5, 5.41) is 33.9. The number of hydrogen-bond acceptors (Lipinski definition) is 14. The molecule has 2 atom stereocenters. The Bertz CT molecular complexity index is 3190. The Morgan fingerprint density at radius 1 is 0.597 bits per heavy atom. The topological polar surface area (TPSA) is 232 Å². The van der Waals surface area contributed by atoms with E-state index in [1.54, 1.807) is 67.4 Å². The maximum atomic E-state index is 13.6. The molecule has 0 aliphatic carbocycles. The van der Waals surface area contributed by atoms with Crippen LogP contribution >= 0.6 is 23.2 Å². The minimum atomic E-state index is -0.694. The van der Waals surface area contributed by atoms with Crippen molar-refractivity contribution in [2.45, 2.75) is 62.7 Å². The zero-order chi connectivity index (χ0) is 49.7. The van der Waals surface area contributed by atoms with Crippen molar-refractivity contribution in [3.8, 4) is 22.8 Å². The second-order valence-electron chi connectivity index (χ2n) is 18.1. The number of pyridine rings is 4. The van der Waals surface area contributed by atoms with Gasteiger partial charge in [-0.1, -0.05) is 35.3 Å². The van der Waals surface area contributed by atoms with Gasteiger partial charge in [-0.3, -0.25) is 34.7 Å². The highest BCUT2D eigenvalue weighted by molar-refractivity contribution is 6.31. The summed E-state index contributed by atoms with van der Waals surface area (Å²) in [6, 6.07) is 28.8. The van der Waals surface area contributed by atoms with Crippen molar-refractivity contribution in [1.82, 2.24) is 66.2 Å². The van der Waals surface area contributed by atoms with Gasteiger partial charge < -0.3 is 31.5 Å². The van der Waals surface area contributed by atoms with Crippen molar-refractivity contribution in [3.63, 3.8) is 0 Å². The van der Waals surface area contributed by atoms with Gasteiger partial charge in [-0.2, -0.15) is 10.2 Å². The van der Waals surface area contributed by atoms with Crippen molar-refractivity contribution in [3.05, 3.63) is 172 Å². The van der Waals surface area contributed by atoms with Crippen molar-refractivity contribution in [1.29, 1.82) is 0 Å². The molecule has 0 unspecified atom stereocenters. The van der Waals surface area contributed by atoms with Crippen LogP contribution in [0.2, 0.25) is 10.0 Å². The molecule has 20 heteroatoms. The number of aromatic amines is 2. The Hall–Kier alpha value is -7.80. The van der Waals surface area contributed by atoms with Crippen LogP contribution in [-0.4, -0.2) is 88.3 Å². The van der Waals surface area contributed by atoms with Gasteiger partial charge >= 0.3 is 0 Å². The molecular weight excluding hydrogens is 952 g/mol. The summed E-state index contributed by atoms with van der Waals surface area (Å²) in [4.78, 5) is 57.2. The summed E-state index contributed by atoms with van der Waals surface area (Å²) in [7, 11) is 0. The summed E-state index contributed by atoms with van der Waals surface area (Å²) in [6.07, 6.45) is 11.2. The van der Waals surface area contributed by atoms with Crippen LogP contribution < -0.4 is 31.5 Å². The Kier molecular flexibility index (Phi) is 13.9. The van der Waals surface area contributed by atoms with E-state index in [0.717, 1.165) is 54.3 Å². The van der Waals surface area contributed by atoms with E-state index >= 15 is 0 Å². The van der Waals surface area contributed by atoms with Gasteiger partial charge in [0, 0.05) is 77.7 Å². The number of carbonyl (C=O) groups excluding carboxylic acids is 2. The SMILES string of the molecule is C[C@H](NC(=O)c1cccc(NC2(c3nc(-c4ccncc4)n[nH]3)CCN(c3cc(-c4n[nH]c(C5(Nc6cccc(C(=O)N[C@H](C)c7ncccc7Cl)c6)CCNCC5)n4)ccn3)CC2)c1)c1ncccc1Cl. The Balaban J connectivity index is 0.860. The number of H-pyrrole nitrogens is 2. The molecule has 8 aromatic rings. The Morgan fingerprint density at radius 2 is 1.11 bits per heavy atom. The van der Waals surface area contributed by atoms with Crippen molar-refractivity contribution >= 4 is 52.2 Å². The number of benzene rings is 2. The average molecular weight is 1000 g/mol. The highest BCUT2D eigenvalue weighted by atomic mass is 35.5. The second-order valence-corrected chi connectivity index (χ2v) is 18.9. The maximum absolute atomic E-state index is 13.6. The Labute approximate surface area is 425 Å². The molecule has 2 amide bonds. The molecule has 2 saturated heterocycles. The molecule has 0 spiro atoms. The number of nitrogens with one attached hydrogen (secondary N) is 7. The van der Waals surface area contributed by atoms with Crippen LogP contribution in [0.25, 0.3) is 22.8 Å². The molecule has 2 aliphatic heterocycles. The Morgan fingerprint density at radius 3 is 1.65 bits per heavy atom. The third kappa shape index (κ3) is 10.3. The lowest BCUT2D eigenvalue weighted by Crippen LogP contribution is -2.48. The van der Waals surface area contributed by atoms with Gasteiger partial charge in [0.05, 0.1) is 39.1 Å². The minimum absolute atomic E-state index is 0.239. The van der Waals surface area contributed by atoms with E-state index in [1.807, 2.05) is 74.5 Å². The van der Waals surface area contributed by atoms with E-state index in [9.17, 15) is 9.59 Å². The predicted molar refractivity (Wildman–Crippen MR) is 277 cm³/mol. The summed E-state index contributed by atoms with van der Waals surface area (Å²) in [5.41, 5.74) is 4.07. The average Bonchev–Trinajstić information content (AvgIpc) is 4.13. The first-order chi connectivity index (χ1) is 35.0. The van der Waals surface area contributed by atoms with Crippen LogP contribution in [0.3, 0.4) is 0 Å². The highest BCUT2D eigenvalue weighted by Gasteiger charge is 2.41. The second kappa shape index (κ2) is 20.9. The fourth-order valence-electron chi connectivity index (χ4n) is 9.41. The lowest BCUT2D eigenvalue weighted by Gasteiger charge is -2.42. The fourth-order valence-corrected chi connectivity index (χ4v) is 9.98. The first kappa shape index (κ1) is 47.9. The van der Waals surface area contributed by atoms with E-state index in [-0.39, 0.29) is 11.8 Å². The lowest BCUT2D eigenvalue weighted by molar-refractivity contribution is 0.0931. The van der Waals surface area contributed by atoms with Crippen LogP contribution in [0.5, 0.6) is 0 Å². The van der Waals surface area contributed by atoms with Crippen LogP contribution in [0, 0.1) is 0 Å². The molecule has 2 aliphatic rings. The van der Waals surface area contributed by atoms with E-state index < -0.39 is 23.2 Å². The number of hydrogen-bond donors (Lipinski definition) is 7. The molecule has 7 N–H and O–H groups in total. The largest absolute Gasteiger partial charge is 0.373 e. The molecule has 0 bridgehead atoms. The van der Waals surface area contributed by atoms with Gasteiger partial charge in [0.25, 0.3) is 11.8 Å². The third-order valence-electron chi connectivity index (χ3n) is 13.3. The number of halogens is 2. The van der Waals surface area contributed by atoms with Crippen LogP contribution in [0.1, 0.15) is 95.4 Å². The summed E-state index contributed by atoms with van der Waals surface area (Å²) < 4.78 is 0. The maximum Gasteiger partial charge on any atom is 0.251 e. The molecule has 366 valence electrons. The molecule has 2 aromatic carbocycles. The van der Waals surface area contributed by atoms with Crippen molar-refractivity contribution in [2.24, 2.45) is 0 Å². The number of carbonyl (C=O) groups is 2. The first-order valence-electron chi connectivity index (χ1n) is 23.8. The lowest BCUT2D eigenvalue weighted by atomic mass is 9.86. The molecule has 0 saturated carbocycles. The highest BCUT2D eigenvalue weighted by Crippen LogP contribution is 2.39. The van der Waals surface area contributed by atoms with Crippen LogP contribution in [0.15, 0.2) is 128 Å². The summed E-state index contributed by atoms with van der Waals surface area (Å²) in [6.45, 7) is 6.47. The minimum Gasteiger partial charge on any atom is -0.373 e. The standard InChI is InChI=1S/C52H52Cl2N16O2/c1-32(43-40(53)11-5-20-58-43)60-47(71)36-7-3-9-38(29-36)64-51(16-25-56-26-17-51)49-63-46(67-68-49)35-15-24-57-42(31-35)70-27-18-52(19-28-70,50-62-45(66-69-50)34-13-22-55-23-14-34)65-39-10-4-8-37(30-39)48(72)61-33(2)44-41(54)12-6-21-59-44/h3-15,20-24,29-33,56,64-65H,16-19,25-28H2,1-2H3,(H,60,71)(H,61,72)(H,62,66,69)(H,63,67,68)/t32-,33+/m1/s1. The van der Waals surface area contributed by atoms with E-state index in [0.29, 0.717) is 81.8 Å².